The van der Waals surface area contributed by atoms with Crippen molar-refractivity contribution in [2.24, 2.45) is 0 Å². The quantitative estimate of drug-likeness (QED) is 0.705. The summed E-state index contributed by atoms with van der Waals surface area (Å²) in [6.07, 6.45) is 0. The van der Waals surface area contributed by atoms with Gasteiger partial charge in [0.25, 0.3) is 0 Å². The van der Waals surface area contributed by atoms with E-state index in [-0.39, 0.29) is 6.03 Å². The van der Waals surface area contributed by atoms with Gasteiger partial charge >= 0.3 is 6.03 Å². The molecule has 0 heterocycles. The molecule has 3 nitrogen and oxygen atoms in total. The van der Waals surface area contributed by atoms with Crippen LogP contribution in [0, 0.1) is 0 Å². The predicted molar refractivity (Wildman–Crippen MR) is 80.5 cm³/mol. The summed E-state index contributed by atoms with van der Waals surface area (Å²) >= 11 is 7.60. The number of hydrogen-bond acceptors (Lipinski definition) is 2. The monoisotopic (exact) mass is 322 g/mol. The van der Waals surface area contributed by atoms with Gasteiger partial charge in [-0.15, -0.1) is 12.6 Å². The summed E-state index contributed by atoms with van der Waals surface area (Å²) in [7, 11) is 0. The van der Waals surface area contributed by atoms with E-state index in [9.17, 15) is 4.79 Å². The van der Waals surface area contributed by atoms with E-state index in [0.717, 1.165) is 15.1 Å². The van der Waals surface area contributed by atoms with Crippen LogP contribution in [0.5, 0.6) is 0 Å². The Bertz CT molecular complexity index is 557. The SMILES string of the molecule is O=C(Nc1ccc(Br)cc1)Nc1ccccc1S. The molecule has 2 aromatic carbocycles. The van der Waals surface area contributed by atoms with Crippen molar-refractivity contribution < 1.29 is 4.79 Å². The number of anilines is 2. The third-order valence-corrected chi connectivity index (χ3v) is 3.17. The molecule has 2 aromatic rings. The van der Waals surface area contributed by atoms with E-state index >= 15 is 0 Å². The van der Waals surface area contributed by atoms with Crippen molar-refractivity contribution in [3.63, 3.8) is 0 Å². The van der Waals surface area contributed by atoms with Crippen LogP contribution in [-0.2, 0) is 0 Å². The number of amides is 2. The van der Waals surface area contributed by atoms with E-state index < -0.39 is 0 Å². The largest absolute Gasteiger partial charge is 0.323 e. The van der Waals surface area contributed by atoms with Crippen LogP contribution in [0.4, 0.5) is 16.2 Å². The molecule has 18 heavy (non-hydrogen) atoms. The second-order valence-electron chi connectivity index (χ2n) is 3.60. The number of carbonyl (C=O) groups is 1. The summed E-state index contributed by atoms with van der Waals surface area (Å²) in [6.45, 7) is 0. The molecular formula is C13H11BrN2OS. The first-order chi connectivity index (χ1) is 8.65. The highest BCUT2D eigenvalue weighted by Crippen LogP contribution is 2.19. The van der Waals surface area contributed by atoms with Crippen LogP contribution in [0.3, 0.4) is 0 Å². The zero-order valence-corrected chi connectivity index (χ0v) is 11.8. The number of urea groups is 1. The van der Waals surface area contributed by atoms with E-state index in [1.807, 2.05) is 42.5 Å². The molecular weight excluding hydrogens is 312 g/mol. The van der Waals surface area contributed by atoms with Gasteiger partial charge in [-0.3, -0.25) is 0 Å². The highest BCUT2D eigenvalue weighted by molar-refractivity contribution is 9.10. The summed E-state index contributed by atoms with van der Waals surface area (Å²) in [5, 5.41) is 5.48. The first-order valence-corrected chi connectivity index (χ1v) is 6.51. The molecule has 0 aliphatic carbocycles. The van der Waals surface area contributed by atoms with Gasteiger partial charge in [-0.05, 0) is 36.4 Å². The van der Waals surface area contributed by atoms with E-state index in [2.05, 4.69) is 39.2 Å². The molecule has 0 saturated heterocycles. The van der Waals surface area contributed by atoms with Crippen LogP contribution >= 0.6 is 28.6 Å². The van der Waals surface area contributed by atoms with Gasteiger partial charge in [0, 0.05) is 15.1 Å². The van der Waals surface area contributed by atoms with Gasteiger partial charge in [-0.1, -0.05) is 28.1 Å². The number of benzene rings is 2. The maximum absolute atomic E-state index is 11.8. The zero-order chi connectivity index (χ0) is 13.0. The lowest BCUT2D eigenvalue weighted by molar-refractivity contribution is 0.262. The molecule has 2 amide bonds. The summed E-state index contributed by atoms with van der Waals surface area (Å²) in [5.41, 5.74) is 1.41. The molecule has 0 atom stereocenters. The van der Waals surface area contributed by atoms with Crippen molar-refractivity contribution in [1.82, 2.24) is 0 Å². The second-order valence-corrected chi connectivity index (χ2v) is 5.00. The number of nitrogens with one attached hydrogen (secondary N) is 2. The Hall–Kier alpha value is -1.46. The Balaban J connectivity index is 2.01. The van der Waals surface area contributed by atoms with E-state index in [1.165, 1.54) is 0 Å². The fourth-order valence-corrected chi connectivity index (χ4v) is 1.88. The molecule has 2 rings (SSSR count). The number of para-hydroxylation sites is 1. The first-order valence-electron chi connectivity index (χ1n) is 5.27. The molecule has 0 aliphatic rings. The van der Waals surface area contributed by atoms with Crippen LogP contribution in [0.2, 0.25) is 0 Å². The molecule has 0 spiro atoms. The summed E-state index contributed by atoms with van der Waals surface area (Å²) in [4.78, 5) is 12.5. The molecule has 92 valence electrons. The average Bonchev–Trinajstić information content (AvgIpc) is 2.35. The molecule has 5 heteroatoms. The minimum atomic E-state index is -0.293. The maximum atomic E-state index is 11.8. The molecule has 0 radical (unpaired) electrons. The Morgan fingerprint density at radius 3 is 2.33 bits per heavy atom. The lowest BCUT2D eigenvalue weighted by atomic mass is 10.3. The molecule has 0 fully saturated rings. The van der Waals surface area contributed by atoms with Gasteiger partial charge in [-0.25, -0.2) is 4.79 Å². The van der Waals surface area contributed by atoms with Crippen LogP contribution in [0.25, 0.3) is 0 Å². The molecule has 0 bridgehead atoms. The third kappa shape index (κ3) is 3.51. The molecule has 0 unspecified atom stereocenters. The van der Waals surface area contributed by atoms with Crippen molar-refractivity contribution in [3.05, 3.63) is 53.0 Å². The number of halogens is 1. The van der Waals surface area contributed by atoms with Crippen LogP contribution in [-0.4, -0.2) is 6.03 Å². The van der Waals surface area contributed by atoms with Gasteiger partial charge in [-0.2, -0.15) is 0 Å². The maximum Gasteiger partial charge on any atom is 0.323 e. The van der Waals surface area contributed by atoms with E-state index in [1.54, 1.807) is 6.07 Å². The minimum Gasteiger partial charge on any atom is -0.308 e. The standard InChI is InChI=1S/C13H11BrN2OS/c14-9-5-7-10(8-6-9)15-13(17)16-11-3-1-2-4-12(11)18/h1-8,18H,(H2,15,16,17). The Morgan fingerprint density at radius 2 is 1.67 bits per heavy atom. The van der Waals surface area contributed by atoms with Crippen molar-refractivity contribution in [2.75, 3.05) is 10.6 Å². The highest BCUT2D eigenvalue weighted by atomic mass is 79.9. The normalized spacial score (nSPS) is 9.89. The molecule has 2 N–H and O–H groups in total. The first kappa shape index (κ1) is 13.0. The Morgan fingerprint density at radius 1 is 1.00 bits per heavy atom. The number of rotatable bonds is 2. The van der Waals surface area contributed by atoms with Crippen LogP contribution in [0.1, 0.15) is 0 Å². The molecule has 0 aliphatic heterocycles. The Labute approximate surface area is 119 Å². The fraction of sp³-hybridized carbons (Fsp3) is 0. The average molecular weight is 323 g/mol. The van der Waals surface area contributed by atoms with Gasteiger partial charge < -0.3 is 10.6 Å². The van der Waals surface area contributed by atoms with Gasteiger partial charge in [0.2, 0.25) is 0 Å². The molecule has 0 saturated carbocycles. The summed E-state index contributed by atoms with van der Waals surface area (Å²) in [5.74, 6) is 0. The van der Waals surface area contributed by atoms with Gasteiger partial charge in [0.15, 0.2) is 0 Å². The fourth-order valence-electron chi connectivity index (χ4n) is 1.40. The Kier molecular flexibility index (Phi) is 4.28. The van der Waals surface area contributed by atoms with E-state index in [0.29, 0.717) is 5.69 Å². The van der Waals surface area contributed by atoms with Crippen LogP contribution in [0.15, 0.2) is 57.9 Å². The minimum absolute atomic E-state index is 0.293. The van der Waals surface area contributed by atoms with E-state index in [4.69, 9.17) is 0 Å². The number of thiol groups is 1. The second kappa shape index (κ2) is 5.93. The van der Waals surface area contributed by atoms with Crippen molar-refractivity contribution in [1.29, 1.82) is 0 Å². The van der Waals surface area contributed by atoms with Crippen molar-refractivity contribution in [3.8, 4) is 0 Å². The highest BCUT2D eigenvalue weighted by Gasteiger charge is 2.04. The zero-order valence-electron chi connectivity index (χ0n) is 9.35. The number of hydrogen-bond donors (Lipinski definition) is 3. The molecule has 0 aromatic heterocycles. The van der Waals surface area contributed by atoms with Crippen LogP contribution < -0.4 is 10.6 Å². The topological polar surface area (TPSA) is 41.1 Å². The number of carbonyl (C=O) groups excluding carboxylic acids is 1. The summed E-state index contributed by atoms with van der Waals surface area (Å²) < 4.78 is 0.967. The van der Waals surface area contributed by atoms with Crippen molar-refractivity contribution in [2.45, 2.75) is 4.90 Å². The van der Waals surface area contributed by atoms with Gasteiger partial charge in [0.05, 0.1) is 5.69 Å². The van der Waals surface area contributed by atoms with Gasteiger partial charge in [0.1, 0.15) is 0 Å². The summed E-state index contributed by atoms with van der Waals surface area (Å²) in [6, 6.07) is 14.4. The lowest BCUT2D eigenvalue weighted by Gasteiger charge is -2.09. The smallest absolute Gasteiger partial charge is 0.308 e. The van der Waals surface area contributed by atoms with Crippen molar-refractivity contribution >= 4 is 46.0 Å². The third-order valence-electron chi connectivity index (χ3n) is 2.25. The predicted octanol–water partition coefficient (Wildman–Crippen LogP) is 4.38. The lowest BCUT2D eigenvalue weighted by Crippen LogP contribution is -2.19.